The van der Waals surface area contributed by atoms with E-state index in [2.05, 4.69) is 35.6 Å². The number of carbonyl (C=O) groups is 2. The molecule has 0 aliphatic carbocycles. The van der Waals surface area contributed by atoms with Gasteiger partial charge in [-0.3, -0.25) is 10.1 Å². The van der Waals surface area contributed by atoms with Crippen LogP contribution in [-0.4, -0.2) is 74.5 Å². The van der Waals surface area contributed by atoms with E-state index in [0.717, 1.165) is 11.1 Å². The molecular formula is C29H28FN7O6S. The number of benzene rings is 1. The number of thiazole rings is 1. The van der Waals surface area contributed by atoms with Crippen LogP contribution in [0.2, 0.25) is 0 Å². The summed E-state index contributed by atoms with van der Waals surface area (Å²) in [4.78, 5) is 46.5. The average Bonchev–Trinajstić information content (AvgIpc) is 3.41. The number of amides is 2. The number of ether oxygens (including phenoxy) is 3. The number of aliphatic hydroxyl groups is 1. The van der Waals surface area contributed by atoms with E-state index in [1.54, 1.807) is 13.8 Å². The SMILES string of the molecule is COc1cnc2c(-c3nc4cc(F)c(O[C@@H](C)COC(=O)Nc5ccc(C(=O)NC[C@H](C)O)nc5)nc4s3)cc(C)cc2n1. The van der Waals surface area contributed by atoms with Gasteiger partial charge >= 0.3 is 6.09 Å². The Bertz CT molecular complexity index is 1830. The molecule has 15 heteroatoms. The number of anilines is 1. The summed E-state index contributed by atoms with van der Waals surface area (Å²) >= 11 is 1.25. The van der Waals surface area contributed by atoms with E-state index < -0.39 is 30.0 Å². The molecule has 0 fully saturated rings. The lowest BCUT2D eigenvalue weighted by Gasteiger charge is -2.15. The second-order valence-corrected chi connectivity index (χ2v) is 10.8. The summed E-state index contributed by atoms with van der Waals surface area (Å²) in [5.41, 5.74) is 3.71. The van der Waals surface area contributed by atoms with Crippen LogP contribution in [0.5, 0.6) is 11.8 Å². The van der Waals surface area contributed by atoms with Gasteiger partial charge in [0.25, 0.3) is 11.8 Å². The molecule has 228 valence electrons. The van der Waals surface area contributed by atoms with Crippen LogP contribution in [0, 0.1) is 12.7 Å². The minimum absolute atomic E-state index is 0.0857. The van der Waals surface area contributed by atoms with Crippen molar-refractivity contribution in [3.63, 3.8) is 0 Å². The number of pyridine rings is 2. The standard InChI is InChI=1S/C29H28FN7O6S/c1-14-7-18(24-21(8-14)35-23(41-4)12-32-24)27-36-22-9-19(30)26(37-28(22)44-27)43-16(3)13-42-29(40)34-17-5-6-20(31-11-17)25(39)33-10-15(2)38/h5-9,11-12,15-16,38H,10,13H2,1-4H3,(H,33,39)(H,34,40)/t15-,16-/m0/s1. The number of aromatic nitrogens is 5. The quantitative estimate of drug-likeness (QED) is 0.203. The topological polar surface area (TPSA) is 171 Å². The zero-order valence-corrected chi connectivity index (χ0v) is 24.9. The van der Waals surface area contributed by atoms with Crippen LogP contribution in [0.3, 0.4) is 0 Å². The number of hydrogen-bond acceptors (Lipinski definition) is 12. The minimum atomic E-state index is -0.796. The van der Waals surface area contributed by atoms with Crippen molar-refractivity contribution in [2.24, 2.45) is 0 Å². The summed E-state index contributed by atoms with van der Waals surface area (Å²) in [6, 6.07) is 7.96. The largest absolute Gasteiger partial charge is 0.480 e. The fraction of sp³-hybridized carbons (Fsp3) is 0.276. The first-order valence-electron chi connectivity index (χ1n) is 13.4. The van der Waals surface area contributed by atoms with Crippen molar-refractivity contribution in [2.75, 3.05) is 25.6 Å². The van der Waals surface area contributed by atoms with Crippen LogP contribution >= 0.6 is 11.3 Å². The van der Waals surface area contributed by atoms with E-state index in [1.807, 2.05) is 19.1 Å². The maximum Gasteiger partial charge on any atom is 0.411 e. The van der Waals surface area contributed by atoms with E-state index in [0.29, 0.717) is 38.0 Å². The summed E-state index contributed by atoms with van der Waals surface area (Å²) in [5.74, 6) is -1.04. The van der Waals surface area contributed by atoms with Gasteiger partial charge < -0.3 is 24.6 Å². The number of aryl methyl sites for hydroxylation is 1. The number of halogens is 1. The molecule has 0 saturated heterocycles. The molecule has 0 aliphatic rings. The number of nitrogens with one attached hydrogen (secondary N) is 2. The Balaban J connectivity index is 1.21. The normalized spacial score (nSPS) is 12.5. The third-order valence-corrected chi connectivity index (χ3v) is 7.07. The molecule has 2 atom stereocenters. The molecule has 5 rings (SSSR count). The fourth-order valence-corrected chi connectivity index (χ4v) is 4.97. The molecule has 2 amide bonds. The maximum atomic E-state index is 14.9. The predicted octanol–water partition coefficient (Wildman–Crippen LogP) is 4.28. The number of nitrogens with zero attached hydrogens (tertiary/aromatic N) is 5. The zero-order chi connectivity index (χ0) is 31.4. The first-order valence-corrected chi connectivity index (χ1v) is 14.2. The molecule has 3 N–H and O–H groups in total. The van der Waals surface area contributed by atoms with E-state index in [-0.39, 0.29) is 24.7 Å². The monoisotopic (exact) mass is 621 g/mol. The van der Waals surface area contributed by atoms with Crippen molar-refractivity contribution in [3.05, 3.63) is 59.8 Å². The first-order chi connectivity index (χ1) is 21.1. The molecule has 13 nitrogen and oxygen atoms in total. The van der Waals surface area contributed by atoms with Gasteiger partial charge in [-0.05, 0) is 50.6 Å². The lowest BCUT2D eigenvalue weighted by molar-refractivity contribution is 0.0919. The highest BCUT2D eigenvalue weighted by Crippen LogP contribution is 2.35. The van der Waals surface area contributed by atoms with E-state index in [4.69, 9.17) is 14.2 Å². The summed E-state index contributed by atoms with van der Waals surface area (Å²) in [6.07, 6.45) is 0.590. The number of carbonyl (C=O) groups excluding carboxylic acids is 2. The Morgan fingerprint density at radius 2 is 1.89 bits per heavy atom. The van der Waals surface area contributed by atoms with Crippen LogP contribution in [0.15, 0.2) is 42.7 Å². The number of rotatable bonds is 10. The predicted molar refractivity (Wildman–Crippen MR) is 161 cm³/mol. The maximum absolute atomic E-state index is 14.9. The Morgan fingerprint density at radius 1 is 1.07 bits per heavy atom. The molecule has 1 aromatic carbocycles. The lowest BCUT2D eigenvalue weighted by atomic mass is 10.1. The third kappa shape index (κ3) is 7.12. The summed E-state index contributed by atoms with van der Waals surface area (Å²) in [7, 11) is 1.52. The van der Waals surface area contributed by atoms with Crippen molar-refractivity contribution < 1.29 is 33.3 Å². The molecular weight excluding hydrogens is 593 g/mol. The molecule has 0 bridgehead atoms. The molecule has 0 spiro atoms. The Morgan fingerprint density at radius 3 is 2.61 bits per heavy atom. The lowest BCUT2D eigenvalue weighted by Crippen LogP contribution is -2.31. The number of fused-ring (bicyclic) bond motifs is 2. The highest BCUT2D eigenvalue weighted by Gasteiger charge is 2.19. The van der Waals surface area contributed by atoms with Gasteiger partial charge in [0.1, 0.15) is 33.8 Å². The number of hydrogen-bond donors (Lipinski definition) is 3. The summed E-state index contributed by atoms with van der Waals surface area (Å²) < 4.78 is 31.0. The molecule has 4 aromatic heterocycles. The van der Waals surface area contributed by atoms with Crippen molar-refractivity contribution in [1.82, 2.24) is 30.2 Å². The summed E-state index contributed by atoms with van der Waals surface area (Å²) in [5, 5.41) is 14.9. The highest BCUT2D eigenvalue weighted by molar-refractivity contribution is 7.21. The van der Waals surface area contributed by atoms with E-state index in [9.17, 15) is 19.1 Å². The zero-order valence-electron chi connectivity index (χ0n) is 24.1. The molecule has 44 heavy (non-hydrogen) atoms. The van der Waals surface area contributed by atoms with Gasteiger partial charge in [0.2, 0.25) is 5.88 Å². The van der Waals surface area contributed by atoms with Gasteiger partial charge in [0, 0.05) is 18.2 Å². The molecule has 0 radical (unpaired) electrons. The van der Waals surface area contributed by atoms with Gasteiger partial charge in [-0.15, -0.1) is 0 Å². The molecule has 0 saturated carbocycles. The van der Waals surface area contributed by atoms with Gasteiger partial charge in [-0.25, -0.2) is 29.1 Å². The third-order valence-electron chi connectivity index (χ3n) is 6.08. The number of aliphatic hydroxyl groups excluding tert-OH is 1. The van der Waals surface area contributed by atoms with Crippen molar-refractivity contribution >= 4 is 50.4 Å². The molecule has 5 aromatic rings. The fourth-order valence-electron chi connectivity index (χ4n) is 4.04. The molecule has 0 unspecified atom stereocenters. The number of methoxy groups -OCH3 is 1. The van der Waals surface area contributed by atoms with Gasteiger partial charge in [-0.1, -0.05) is 11.3 Å². The Kier molecular flexibility index (Phi) is 9.06. The van der Waals surface area contributed by atoms with Crippen LogP contribution in [0.25, 0.3) is 32.0 Å². The van der Waals surface area contributed by atoms with Crippen LogP contribution in [-0.2, 0) is 4.74 Å². The van der Waals surface area contributed by atoms with Crippen LogP contribution in [0.1, 0.15) is 29.9 Å². The average molecular weight is 622 g/mol. The van der Waals surface area contributed by atoms with Crippen molar-refractivity contribution in [3.8, 4) is 22.3 Å². The van der Waals surface area contributed by atoms with Crippen LogP contribution < -0.4 is 20.1 Å². The second-order valence-electron chi connectivity index (χ2n) is 9.85. The van der Waals surface area contributed by atoms with E-state index >= 15 is 0 Å². The second kappa shape index (κ2) is 13.1. The van der Waals surface area contributed by atoms with Crippen molar-refractivity contribution in [2.45, 2.75) is 33.0 Å². The van der Waals surface area contributed by atoms with Gasteiger partial charge in [0.15, 0.2) is 5.82 Å². The van der Waals surface area contributed by atoms with Crippen molar-refractivity contribution in [1.29, 1.82) is 0 Å². The Labute approximate surface area is 254 Å². The van der Waals surface area contributed by atoms with E-state index in [1.165, 1.54) is 49.0 Å². The minimum Gasteiger partial charge on any atom is -0.480 e. The summed E-state index contributed by atoms with van der Waals surface area (Å²) in [6.45, 7) is 4.96. The van der Waals surface area contributed by atoms with Crippen LogP contribution in [0.4, 0.5) is 14.9 Å². The highest BCUT2D eigenvalue weighted by atomic mass is 32.1. The molecule has 0 aliphatic heterocycles. The van der Waals surface area contributed by atoms with Gasteiger partial charge in [0.05, 0.1) is 42.3 Å². The smallest absolute Gasteiger partial charge is 0.411 e. The Hall–Kier alpha value is -5.02. The molecule has 4 heterocycles. The first kappa shape index (κ1) is 30.4. The van der Waals surface area contributed by atoms with Gasteiger partial charge in [-0.2, -0.15) is 4.98 Å².